The predicted octanol–water partition coefficient (Wildman–Crippen LogP) is 1.69. The van der Waals surface area contributed by atoms with E-state index in [9.17, 15) is 5.11 Å². The van der Waals surface area contributed by atoms with Crippen molar-refractivity contribution in [3.05, 3.63) is 46.1 Å². The van der Waals surface area contributed by atoms with Gasteiger partial charge in [0.1, 0.15) is 12.4 Å². The summed E-state index contributed by atoms with van der Waals surface area (Å²) in [6.45, 7) is 2.96. The Morgan fingerprint density at radius 1 is 1.48 bits per heavy atom. The van der Waals surface area contributed by atoms with Crippen LogP contribution in [0.1, 0.15) is 16.9 Å². The van der Waals surface area contributed by atoms with E-state index in [-0.39, 0.29) is 0 Å². The van der Waals surface area contributed by atoms with Gasteiger partial charge in [0.05, 0.1) is 16.8 Å². The summed E-state index contributed by atoms with van der Waals surface area (Å²) in [5, 5.41) is 9.71. The molecule has 0 aliphatic carbocycles. The van der Waals surface area contributed by atoms with Crippen molar-refractivity contribution < 1.29 is 14.3 Å². The van der Waals surface area contributed by atoms with Crippen molar-refractivity contribution in [2.45, 2.75) is 25.7 Å². The van der Waals surface area contributed by atoms with Gasteiger partial charge in [-0.05, 0) is 39.5 Å². The number of rotatable bonds is 6. The SMILES string of the molecule is NCC(O)CN1CCc2c(ccc(OCc3cnco3)c2Br)C1. The summed E-state index contributed by atoms with van der Waals surface area (Å²) in [6, 6.07) is 4.04. The van der Waals surface area contributed by atoms with Crippen LogP contribution in [-0.2, 0) is 19.6 Å². The minimum Gasteiger partial charge on any atom is -0.484 e. The van der Waals surface area contributed by atoms with Crippen LogP contribution in [-0.4, -0.2) is 40.7 Å². The van der Waals surface area contributed by atoms with Crippen molar-refractivity contribution >= 4 is 15.9 Å². The lowest BCUT2D eigenvalue weighted by Gasteiger charge is -2.31. The minimum atomic E-state index is -0.468. The Hall–Kier alpha value is -1.41. The number of benzene rings is 1. The van der Waals surface area contributed by atoms with Gasteiger partial charge in [0.2, 0.25) is 0 Å². The summed E-state index contributed by atoms with van der Waals surface area (Å²) in [5.74, 6) is 1.49. The third kappa shape index (κ3) is 3.92. The van der Waals surface area contributed by atoms with Gasteiger partial charge >= 0.3 is 0 Å². The number of hydrogen-bond acceptors (Lipinski definition) is 6. The number of fused-ring (bicyclic) bond motifs is 1. The summed E-state index contributed by atoms with van der Waals surface area (Å²) in [4.78, 5) is 6.10. The van der Waals surface area contributed by atoms with Crippen molar-refractivity contribution in [2.24, 2.45) is 5.73 Å². The summed E-state index contributed by atoms with van der Waals surface area (Å²) < 4.78 is 12.0. The Kier molecular flexibility index (Phi) is 5.32. The molecule has 0 spiro atoms. The Bertz CT molecular complexity index is 648. The molecule has 3 N–H and O–H groups in total. The van der Waals surface area contributed by atoms with Crippen LogP contribution in [0.3, 0.4) is 0 Å². The van der Waals surface area contributed by atoms with Gasteiger partial charge in [0, 0.05) is 26.2 Å². The topological polar surface area (TPSA) is 84.8 Å². The smallest absolute Gasteiger partial charge is 0.181 e. The predicted molar refractivity (Wildman–Crippen MR) is 89.0 cm³/mol. The highest BCUT2D eigenvalue weighted by Crippen LogP contribution is 2.34. The number of aliphatic hydroxyl groups excluding tert-OH is 1. The molecule has 0 radical (unpaired) electrons. The Morgan fingerprint density at radius 2 is 2.35 bits per heavy atom. The number of halogens is 1. The third-order valence-corrected chi connectivity index (χ3v) is 4.84. The molecular formula is C16H20BrN3O3. The second kappa shape index (κ2) is 7.44. The first kappa shape index (κ1) is 16.4. The molecule has 23 heavy (non-hydrogen) atoms. The number of aliphatic hydroxyl groups is 1. The molecule has 1 aliphatic heterocycles. The summed E-state index contributed by atoms with van der Waals surface area (Å²) in [5.41, 5.74) is 8.00. The number of oxazole rings is 1. The normalized spacial score (nSPS) is 16.1. The van der Waals surface area contributed by atoms with Crippen molar-refractivity contribution in [3.8, 4) is 5.75 Å². The molecule has 1 aliphatic rings. The standard InChI is InChI=1S/C16H20BrN3O3/c17-16-14-3-4-20(8-12(21)5-18)7-11(14)1-2-15(16)22-9-13-6-19-10-23-13/h1-2,6,10,12,21H,3-5,7-9,18H2. The monoisotopic (exact) mass is 381 g/mol. The maximum atomic E-state index is 9.71. The molecule has 124 valence electrons. The van der Waals surface area contributed by atoms with E-state index in [2.05, 4.69) is 31.9 Å². The van der Waals surface area contributed by atoms with Crippen LogP contribution >= 0.6 is 15.9 Å². The number of hydrogen-bond donors (Lipinski definition) is 2. The molecule has 3 rings (SSSR count). The fourth-order valence-corrected chi connectivity index (χ4v) is 3.45. The zero-order chi connectivity index (χ0) is 16.2. The van der Waals surface area contributed by atoms with Crippen LogP contribution in [0.2, 0.25) is 0 Å². The summed E-state index contributed by atoms with van der Waals surface area (Å²) in [6.07, 6.45) is 3.48. The quantitative estimate of drug-likeness (QED) is 0.791. The number of nitrogens with two attached hydrogens (primary N) is 1. The van der Waals surface area contributed by atoms with Gasteiger partial charge in [0.15, 0.2) is 12.2 Å². The first-order valence-corrected chi connectivity index (χ1v) is 8.37. The van der Waals surface area contributed by atoms with Crippen LogP contribution in [0.25, 0.3) is 0 Å². The number of nitrogens with zero attached hydrogens (tertiary/aromatic N) is 2. The van der Waals surface area contributed by atoms with E-state index in [1.54, 1.807) is 6.20 Å². The minimum absolute atomic E-state index is 0.293. The van der Waals surface area contributed by atoms with Crippen LogP contribution < -0.4 is 10.5 Å². The van der Waals surface area contributed by atoms with Gasteiger partial charge in [0.25, 0.3) is 0 Å². The van der Waals surface area contributed by atoms with E-state index in [0.29, 0.717) is 25.5 Å². The van der Waals surface area contributed by atoms with Crippen LogP contribution in [0.5, 0.6) is 5.75 Å². The van der Waals surface area contributed by atoms with Gasteiger partial charge in [-0.2, -0.15) is 0 Å². The average Bonchev–Trinajstić information content (AvgIpc) is 3.07. The van der Waals surface area contributed by atoms with Gasteiger partial charge in [-0.3, -0.25) is 4.90 Å². The lowest BCUT2D eigenvalue weighted by Crippen LogP contribution is -2.39. The molecule has 2 heterocycles. The molecule has 0 bridgehead atoms. The number of ether oxygens (including phenoxy) is 1. The van der Waals surface area contributed by atoms with Gasteiger partial charge in [-0.1, -0.05) is 6.07 Å². The van der Waals surface area contributed by atoms with E-state index >= 15 is 0 Å². The lowest BCUT2D eigenvalue weighted by atomic mass is 9.99. The summed E-state index contributed by atoms with van der Waals surface area (Å²) >= 11 is 3.66. The average molecular weight is 382 g/mol. The first-order valence-electron chi connectivity index (χ1n) is 7.58. The zero-order valence-corrected chi connectivity index (χ0v) is 14.3. The maximum Gasteiger partial charge on any atom is 0.181 e. The molecule has 7 heteroatoms. The molecule has 2 aromatic rings. The van der Waals surface area contributed by atoms with Crippen LogP contribution in [0, 0.1) is 0 Å². The van der Waals surface area contributed by atoms with Crippen molar-refractivity contribution in [2.75, 3.05) is 19.6 Å². The largest absolute Gasteiger partial charge is 0.484 e. The molecule has 1 aromatic carbocycles. The molecule has 0 saturated heterocycles. The Morgan fingerprint density at radius 3 is 3.09 bits per heavy atom. The van der Waals surface area contributed by atoms with Gasteiger partial charge < -0.3 is 20.0 Å². The molecule has 1 atom stereocenters. The van der Waals surface area contributed by atoms with E-state index in [4.69, 9.17) is 14.9 Å². The lowest BCUT2D eigenvalue weighted by molar-refractivity contribution is 0.111. The molecule has 0 saturated carbocycles. The fourth-order valence-electron chi connectivity index (χ4n) is 2.75. The molecular weight excluding hydrogens is 362 g/mol. The van der Waals surface area contributed by atoms with Gasteiger partial charge in [-0.15, -0.1) is 0 Å². The van der Waals surface area contributed by atoms with E-state index in [1.165, 1.54) is 17.5 Å². The van der Waals surface area contributed by atoms with Crippen molar-refractivity contribution in [3.63, 3.8) is 0 Å². The number of aromatic nitrogens is 1. The first-order chi connectivity index (χ1) is 11.2. The molecule has 1 unspecified atom stereocenters. The highest BCUT2D eigenvalue weighted by Gasteiger charge is 2.21. The Balaban J connectivity index is 1.68. The number of β-amino-alcohol motifs (C(OH)–C–C–N with tert-alkyl or cyclic N) is 1. The van der Waals surface area contributed by atoms with Crippen LogP contribution in [0.15, 0.2) is 33.6 Å². The van der Waals surface area contributed by atoms with Crippen molar-refractivity contribution in [1.82, 2.24) is 9.88 Å². The molecule has 0 fully saturated rings. The second-order valence-electron chi connectivity index (χ2n) is 5.65. The van der Waals surface area contributed by atoms with Crippen LogP contribution in [0.4, 0.5) is 0 Å². The van der Waals surface area contributed by atoms with E-state index in [0.717, 1.165) is 29.7 Å². The molecule has 1 aromatic heterocycles. The maximum absolute atomic E-state index is 9.71. The van der Waals surface area contributed by atoms with E-state index < -0.39 is 6.10 Å². The summed E-state index contributed by atoms with van der Waals surface area (Å²) in [7, 11) is 0. The molecule has 0 amide bonds. The van der Waals surface area contributed by atoms with E-state index in [1.807, 2.05) is 6.07 Å². The fraction of sp³-hybridized carbons (Fsp3) is 0.438. The highest BCUT2D eigenvalue weighted by molar-refractivity contribution is 9.10. The molecule has 6 nitrogen and oxygen atoms in total. The van der Waals surface area contributed by atoms with Gasteiger partial charge in [-0.25, -0.2) is 4.98 Å². The van der Waals surface area contributed by atoms with Crippen molar-refractivity contribution in [1.29, 1.82) is 0 Å². The zero-order valence-electron chi connectivity index (χ0n) is 12.7. The Labute approximate surface area is 143 Å². The third-order valence-electron chi connectivity index (χ3n) is 3.97. The second-order valence-corrected chi connectivity index (χ2v) is 6.44. The highest BCUT2D eigenvalue weighted by atomic mass is 79.9.